The molecule has 0 unspecified atom stereocenters. The molecule has 0 aliphatic heterocycles. The number of rotatable bonds is 8. The quantitative estimate of drug-likeness (QED) is 0.631. The lowest BCUT2D eigenvalue weighted by Gasteiger charge is -2.31. The lowest BCUT2D eigenvalue weighted by Crippen LogP contribution is -2.38. The minimum absolute atomic E-state index is 0.0560. The zero-order valence-corrected chi connectivity index (χ0v) is 18.9. The molecule has 0 heterocycles. The average molecular weight is 444 g/mol. The first-order chi connectivity index (χ1) is 15.0. The van der Waals surface area contributed by atoms with Crippen LogP contribution in [0.3, 0.4) is 0 Å². The normalized spacial score (nSPS) is 14.0. The molecule has 31 heavy (non-hydrogen) atoms. The van der Waals surface area contributed by atoms with E-state index in [4.69, 9.17) is 16.3 Å². The SMILES string of the molecule is COc1cccc(CNC(=O)CNc2ccc(C(=O)N(C)C3CCCCC3)c(Cl)c2)c1. The third-order valence-electron chi connectivity index (χ3n) is 5.72. The molecule has 2 aromatic rings. The molecule has 0 saturated heterocycles. The third kappa shape index (κ3) is 6.37. The Balaban J connectivity index is 1.51. The molecule has 0 bridgehead atoms. The zero-order valence-electron chi connectivity index (χ0n) is 18.1. The highest BCUT2D eigenvalue weighted by Gasteiger charge is 2.24. The summed E-state index contributed by atoms with van der Waals surface area (Å²) in [4.78, 5) is 26.8. The Morgan fingerprint density at radius 3 is 2.61 bits per heavy atom. The van der Waals surface area contributed by atoms with Gasteiger partial charge in [-0.2, -0.15) is 0 Å². The fourth-order valence-corrected chi connectivity index (χ4v) is 4.11. The smallest absolute Gasteiger partial charge is 0.255 e. The van der Waals surface area contributed by atoms with Crippen LogP contribution in [0.5, 0.6) is 5.75 Å². The van der Waals surface area contributed by atoms with Gasteiger partial charge in [-0.3, -0.25) is 9.59 Å². The molecule has 1 aliphatic rings. The molecule has 6 nitrogen and oxygen atoms in total. The van der Waals surface area contributed by atoms with Crippen LogP contribution in [0.15, 0.2) is 42.5 Å². The first kappa shape index (κ1) is 22.9. The van der Waals surface area contributed by atoms with Gasteiger partial charge in [-0.1, -0.05) is 43.0 Å². The highest BCUT2D eigenvalue weighted by atomic mass is 35.5. The monoisotopic (exact) mass is 443 g/mol. The summed E-state index contributed by atoms with van der Waals surface area (Å²) >= 11 is 6.39. The molecule has 0 aromatic heterocycles. The molecule has 1 saturated carbocycles. The highest BCUT2D eigenvalue weighted by molar-refractivity contribution is 6.34. The van der Waals surface area contributed by atoms with Gasteiger partial charge in [0.25, 0.3) is 5.91 Å². The van der Waals surface area contributed by atoms with Crippen molar-refractivity contribution in [1.82, 2.24) is 10.2 Å². The van der Waals surface area contributed by atoms with E-state index in [0.29, 0.717) is 22.8 Å². The van der Waals surface area contributed by atoms with Crippen molar-refractivity contribution >= 4 is 29.1 Å². The van der Waals surface area contributed by atoms with Crippen LogP contribution in [-0.4, -0.2) is 43.5 Å². The number of carbonyl (C=O) groups is 2. The Kier molecular flexibility index (Phi) is 8.18. The van der Waals surface area contributed by atoms with Crippen molar-refractivity contribution < 1.29 is 14.3 Å². The molecular weight excluding hydrogens is 414 g/mol. The maximum Gasteiger partial charge on any atom is 0.255 e. The van der Waals surface area contributed by atoms with E-state index in [2.05, 4.69) is 10.6 Å². The highest BCUT2D eigenvalue weighted by Crippen LogP contribution is 2.26. The fourth-order valence-electron chi connectivity index (χ4n) is 3.85. The van der Waals surface area contributed by atoms with Crippen LogP contribution in [0.2, 0.25) is 5.02 Å². The number of methoxy groups -OCH3 is 1. The Bertz CT molecular complexity index is 913. The lowest BCUT2D eigenvalue weighted by atomic mass is 9.94. The fraction of sp³-hybridized carbons (Fsp3) is 0.417. The Labute approximate surface area is 188 Å². The number of carbonyl (C=O) groups excluding carboxylic acids is 2. The van der Waals surface area contributed by atoms with Crippen molar-refractivity contribution in [3.63, 3.8) is 0 Å². The first-order valence-corrected chi connectivity index (χ1v) is 11.1. The molecule has 0 atom stereocenters. The van der Waals surface area contributed by atoms with E-state index in [1.165, 1.54) is 19.3 Å². The van der Waals surface area contributed by atoms with Crippen molar-refractivity contribution in [1.29, 1.82) is 0 Å². The maximum absolute atomic E-state index is 12.9. The second-order valence-corrected chi connectivity index (χ2v) is 8.29. The molecule has 166 valence electrons. The minimum Gasteiger partial charge on any atom is -0.497 e. The van der Waals surface area contributed by atoms with Gasteiger partial charge in [0, 0.05) is 25.3 Å². The van der Waals surface area contributed by atoms with E-state index in [-0.39, 0.29) is 24.4 Å². The average Bonchev–Trinajstić information content (AvgIpc) is 2.81. The van der Waals surface area contributed by atoms with Crippen LogP contribution in [0.1, 0.15) is 48.0 Å². The maximum atomic E-state index is 12.9. The van der Waals surface area contributed by atoms with E-state index < -0.39 is 0 Å². The lowest BCUT2D eigenvalue weighted by molar-refractivity contribution is -0.119. The second-order valence-electron chi connectivity index (χ2n) is 7.88. The van der Waals surface area contributed by atoms with Crippen molar-refractivity contribution in [2.45, 2.75) is 44.7 Å². The summed E-state index contributed by atoms with van der Waals surface area (Å²) in [5.41, 5.74) is 2.14. The number of hydrogen-bond donors (Lipinski definition) is 2. The van der Waals surface area contributed by atoms with Crippen molar-refractivity contribution in [3.05, 3.63) is 58.6 Å². The molecule has 2 aromatic carbocycles. The molecule has 0 spiro atoms. The molecular formula is C24H30ClN3O3. The summed E-state index contributed by atoms with van der Waals surface area (Å²) in [5.74, 6) is 0.555. The van der Waals surface area contributed by atoms with Crippen LogP contribution in [0, 0.1) is 0 Å². The van der Waals surface area contributed by atoms with E-state index in [1.807, 2.05) is 36.2 Å². The summed E-state index contributed by atoms with van der Waals surface area (Å²) in [6, 6.07) is 13.0. The van der Waals surface area contributed by atoms with E-state index in [0.717, 1.165) is 24.2 Å². The van der Waals surface area contributed by atoms with Gasteiger partial charge in [0.2, 0.25) is 5.91 Å². The molecule has 2 amide bonds. The predicted octanol–water partition coefficient (Wildman–Crippen LogP) is 4.48. The van der Waals surface area contributed by atoms with Gasteiger partial charge in [-0.25, -0.2) is 0 Å². The van der Waals surface area contributed by atoms with Gasteiger partial charge < -0.3 is 20.3 Å². The number of nitrogens with one attached hydrogen (secondary N) is 2. The molecule has 2 N–H and O–H groups in total. The van der Waals surface area contributed by atoms with Gasteiger partial charge in [0.05, 0.1) is 24.2 Å². The number of ether oxygens (including phenoxy) is 1. The largest absolute Gasteiger partial charge is 0.497 e. The standard InChI is InChI=1S/C24H30ClN3O3/c1-28(19-8-4-3-5-9-19)24(30)21-12-11-18(14-22(21)25)26-16-23(29)27-15-17-7-6-10-20(13-17)31-2/h6-7,10-14,19,26H,3-5,8-9,15-16H2,1-2H3,(H,27,29). The second kappa shape index (κ2) is 11.0. The van der Waals surface area contributed by atoms with Crippen LogP contribution in [0.4, 0.5) is 5.69 Å². The minimum atomic E-state index is -0.142. The Morgan fingerprint density at radius 2 is 1.90 bits per heavy atom. The topological polar surface area (TPSA) is 70.7 Å². The molecule has 3 rings (SSSR count). The van der Waals surface area contributed by atoms with Crippen LogP contribution < -0.4 is 15.4 Å². The van der Waals surface area contributed by atoms with E-state index >= 15 is 0 Å². The summed E-state index contributed by atoms with van der Waals surface area (Å²) in [6.07, 6.45) is 5.67. The Hall–Kier alpha value is -2.73. The molecule has 1 aliphatic carbocycles. The summed E-state index contributed by atoms with van der Waals surface area (Å²) in [5, 5.41) is 6.31. The van der Waals surface area contributed by atoms with Gasteiger partial charge >= 0.3 is 0 Å². The third-order valence-corrected chi connectivity index (χ3v) is 6.03. The predicted molar refractivity (Wildman–Crippen MR) is 124 cm³/mol. The molecule has 0 radical (unpaired) electrons. The van der Waals surface area contributed by atoms with E-state index in [1.54, 1.807) is 25.3 Å². The molecule has 1 fully saturated rings. The number of amides is 2. The van der Waals surface area contributed by atoms with Gasteiger partial charge in [-0.15, -0.1) is 0 Å². The van der Waals surface area contributed by atoms with Crippen molar-refractivity contribution in [2.24, 2.45) is 0 Å². The summed E-state index contributed by atoms with van der Waals surface area (Å²) < 4.78 is 5.19. The van der Waals surface area contributed by atoms with Crippen LogP contribution in [-0.2, 0) is 11.3 Å². The number of nitrogens with zero attached hydrogens (tertiary/aromatic N) is 1. The number of benzene rings is 2. The zero-order chi connectivity index (χ0) is 22.2. The number of hydrogen-bond acceptors (Lipinski definition) is 4. The summed E-state index contributed by atoms with van der Waals surface area (Å²) in [6.45, 7) is 0.523. The number of halogens is 1. The van der Waals surface area contributed by atoms with Crippen molar-refractivity contribution in [3.8, 4) is 5.75 Å². The van der Waals surface area contributed by atoms with Crippen molar-refractivity contribution in [2.75, 3.05) is 26.0 Å². The van der Waals surface area contributed by atoms with Crippen LogP contribution >= 0.6 is 11.6 Å². The van der Waals surface area contributed by atoms with E-state index in [9.17, 15) is 9.59 Å². The summed E-state index contributed by atoms with van der Waals surface area (Å²) in [7, 11) is 3.47. The van der Waals surface area contributed by atoms with Gasteiger partial charge in [-0.05, 0) is 48.7 Å². The molecule has 7 heteroatoms. The van der Waals surface area contributed by atoms with Crippen LogP contribution in [0.25, 0.3) is 0 Å². The number of anilines is 1. The Morgan fingerprint density at radius 1 is 1.13 bits per heavy atom. The van der Waals surface area contributed by atoms with Gasteiger partial charge in [0.15, 0.2) is 0 Å². The first-order valence-electron chi connectivity index (χ1n) is 10.7. The van der Waals surface area contributed by atoms with Gasteiger partial charge in [0.1, 0.15) is 5.75 Å².